The first-order valence-corrected chi connectivity index (χ1v) is 6.05. The average Bonchev–Trinajstić information content (AvgIpc) is 2.77. The number of fused-ring (bicyclic) bond motifs is 1. The summed E-state index contributed by atoms with van der Waals surface area (Å²) in [6.45, 7) is 4.04. The van der Waals surface area contributed by atoms with E-state index in [-0.39, 0.29) is 42.7 Å². The van der Waals surface area contributed by atoms with Gasteiger partial charge in [-0.3, -0.25) is 4.79 Å². The molecule has 2 atom stereocenters. The van der Waals surface area contributed by atoms with Gasteiger partial charge in [0.1, 0.15) is 5.82 Å². The number of amides is 1. The highest BCUT2D eigenvalue weighted by molar-refractivity contribution is 5.85. The molecule has 2 rings (SSSR count). The van der Waals surface area contributed by atoms with Crippen LogP contribution in [0.15, 0.2) is 24.3 Å². The Hall–Kier alpha value is -1.30. The minimum Gasteiger partial charge on any atom is -0.349 e. The highest BCUT2D eigenvalue weighted by atomic mass is 35.5. The summed E-state index contributed by atoms with van der Waals surface area (Å²) in [6, 6.07) is 7.62. The number of halogens is 2. The number of H-pyrrole nitrogens is 1. The normalized spacial score (nSPS) is 12.9. The number of imidazole rings is 1. The van der Waals surface area contributed by atoms with Crippen molar-refractivity contribution >= 4 is 41.8 Å². The van der Waals surface area contributed by atoms with Gasteiger partial charge < -0.3 is 16.0 Å². The Balaban J connectivity index is 0.00000180. The summed E-state index contributed by atoms with van der Waals surface area (Å²) in [7, 11) is 0. The number of aromatic nitrogens is 2. The lowest BCUT2D eigenvalue weighted by atomic mass is 10.0. The van der Waals surface area contributed by atoms with Crippen molar-refractivity contribution in [1.29, 1.82) is 0 Å². The van der Waals surface area contributed by atoms with Gasteiger partial charge in [0.25, 0.3) is 0 Å². The third-order valence-corrected chi connectivity index (χ3v) is 3.07. The SMILES string of the molecule is CC(N)C(C)C(=O)NCc1nc2ccccc2[nH]1.Cl.Cl. The zero-order valence-corrected chi connectivity index (χ0v) is 13.1. The number of benzene rings is 1. The second kappa shape index (κ2) is 8.09. The molecule has 1 aromatic heterocycles. The first-order valence-electron chi connectivity index (χ1n) is 6.05. The Labute approximate surface area is 130 Å². The molecular weight excluding hydrogens is 299 g/mol. The molecule has 1 aromatic carbocycles. The first kappa shape index (κ1) is 18.7. The van der Waals surface area contributed by atoms with E-state index in [4.69, 9.17) is 5.73 Å². The fourth-order valence-electron chi connectivity index (χ4n) is 1.66. The predicted molar refractivity (Wildman–Crippen MR) is 85.2 cm³/mol. The van der Waals surface area contributed by atoms with Crippen molar-refractivity contribution in [1.82, 2.24) is 15.3 Å². The molecule has 7 heteroatoms. The van der Waals surface area contributed by atoms with Crippen molar-refractivity contribution in [3.63, 3.8) is 0 Å². The lowest BCUT2D eigenvalue weighted by Crippen LogP contribution is -2.38. The summed E-state index contributed by atoms with van der Waals surface area (Å²) in [5.74, 6) is 0.501. The van der Waals surface area contributed by atoms with Crippen LogP contribution in [0.5, 0.6) is 0 Å². The molecule has 112 valence electrons. The Bertz CT molecular complexity index is 523. The molecule has 0 fully saturated rings. The molecule has 20 heavy (non-hydrogen) atoms. The Morgan fingerprint density at radius 1 is 1.35 bits per heavy atom. The van der Waals surface area contributed by atoms with Crippen LogP contribution in [0, 0.1) is 5.92 Å². The number of nitrogens with two attached hydrogens (primary N) is 1. The van der Waals surface area contributed by atoms with E-state index >= 15 is 0 Å². The fraction of sp³-hybridized carbons (Fsp3) is 0.385. The number of aromatic amines is 1. The van der Waals surface area contributed by atoms with Gasteiger partial charge in [0.05, 0.1) is 17.6 Å². The van der Waals surface area contributed by atoms with Gasteiger partial charge in [-0.15, -0.1) is 24.8 Å². The second-order valence-corrected chi connectivity index (χ2v) is 4.57. The molecule has 0 bridgehead atoms. The summed E-state index contributed by atoms with van der Waals surface area (Å²) in [5.41, 5.74) is 7.56. The summed E-state index contributed by atoms with van der Waals surface area (Å²) >= 11 is 0. The number of nitrogens with one attached hydrogen (secondary N) is 2. The van der Waals surface area contributed by atoms with E-state index < -0.39 is 0 Å². The van der Waals surface area contributed by atoms with Crippen molar-refractivity contribution < 1.29 is 4.79 Å². The average molecular weight is 319 g/mol. The van der Waals surface area contributed by atoms with Gasteiger partial charge in [-0.1, -0.05) is 19.1 Å². The predicted octanol–water partition coefficient (Wildman–Crippen LogP) is 2.01. The van der Waals surface area contributed by atoms with E-state index in [2.05, 4.69) is 15.3 Å². The van der Waals surface area contributed by atoms with Crippen molar-refractivity contribution in [2.45, 2.75) is 26.4 Å². The van der Waals surface area contributed by atoms with Crippen molar-refractivity contribution in [3.8, 4) is 0 Å². The lowest BCUT2D eigenvalue weighted by molar-refractivity contribution is -0.125. The van der Waals surface area contributed by atoms with Crippen LogP contribution in [-0.2, 0) is 11.3 Å². The molecule has 5 nitrogen and oxygen atoms in total. The Morgan fingerprint density at radius 3 is 2.60 bits per heavy atom. The summed E-state index contributed by atoms with van der Waals surface area (Å²) < 4.78 is 0. The minimum atomic E-state index is -0.200. The molecule has 1 heterocycles. The maximum atomic E-state index is 11.7. The van der Waals surface area contributed by atoms with Crippen LogP contribution in [-0.4, -0.2) is 21.9 Å². The minimum absolute atomic E-state index is 0. The molecule has 0 saturated heterocycles. The van der Waals surface area contributed by atoms with E-state index in [0.29, 0.717) is 6.54 Å². The topological polar surface area (TPSA) is 83.8 Å². The van der Waals surface area contributed by atoms with Crippen LogP contribution in [0.25, 0.3) is 11.0 Å². The van der Waals surface area contributed by atoms with Gasteiger partial charge >= 0.3 is 0 Å². The highest BCUT2D eigenvalue weighted by Gasteiger charge is 2.16. The number of carbonyl (C=O) groups excluding carboxylic acids is 1. The van der Waals surface area contributed by atoms with Gasteiger partial charge in [-0.05, 0) is 19.1 Å². The van der Waals surface area contributed by atoms with E-state index in [1.165, 1.54) is 0 Å². The molecule has 0 aliphatic heterocycles. The van der Waals surface area contributed by atoms with Crippen LogP contribution >= 0.6 is 24.8 Å². The molecule has 0 aliphatic rings. The molecule has 0 saturated carbocycles. The van der Waals surface area contributed by atoms with Crippen molar-refractivity contribution in [2.24, 2.45) is 11.7 Å². The van der Waals surface area contributed by atoms with E-state index in [9.17, 15) is 4.79 Å². The highest BCUT2D eigenvalue weighted by Crippen LogP contribution is 2.10. The van der Waals surface area contributed by atoms with Crippen molar-refractivity contribution in [3.05, 3.63) is 30.1 Å². The fourth-order valence-corrected chi connectivity index (χ4v) is 1.66. The Kier molecular flexibility index (Phi) is 7.57. The monoisotopic (exact) mass is 318 g/mol. The van der Waals surface area contributed by atoms with E-state index in [0.717, 1.165) is 16.9 Å². The van der Waals surface area contributed by atoms with Crippen LogP contribution in [0.4, 0.5) is 0 Å². The smallest absolute Gasteiger partial charge is 0.224 e. The number of nitrogens with zero attached hydrogens (tertiary/aromatic N) is 1. The number of hydrogen-bond donors (Lipinski definition) is 3. The third kappa shape index (κ3) is 4.37. The van der Waals surface area contributed by atoms with Crippen LogP contribution in [0.2, 0.25) is 0 Å². The zero-order valence-electron chi connectivity index (χ0n) is 11.4. The van der Waals surface area contributed by atoms with Crippen LogP contribution < -0.4 is 11.1 Å². The summed E-state index contributed by atoms with van der Waals surface area (Å²) in [5, 5.41) is 2.83. The van der Waals surface area contributed by atoms with Gasteiger partial charge in [0, 0.05) is 12.0 Å². The molecule has 2 aromatic rings. The number of hydrogen-bond acceptors (Lipinski definition) is 3. The van der Waals surface area contributed by atoms with E-state index in [1.54, 1.807) is 0 Å². The van der Waals surface area contributed by atoms with Gasteiger partial charge in [-0.25, -0.2) is 4.98 Å². The first-order chi connectivity index (χ1) is 8.58. The molecular formula is C13H20Cl2N4O. The Morgan fingerprint density at radius 2 is 2.00 bits per heavy atom. The standard InChI is InChI=1S/C13H18N4O.2ClH/c1-8(9(2)14)13(18)15-7-12-16-10-5-3-4-6-11(10)17-12;;/h3-6,8-9H,7,14H2,1-2H3,(H,15,18)(H,16,17);2*1H. The molecule has 1 amide bonds. The molecule has 4 N–H and O–H groups in total. The lowest BCUT2D eigenvalue weighted by Gasteiger charge is -2.14. The number of para-hydroxylation sites is 2. The third-order valence-electron chi connectivity index (χ3n) is 3.07. The maximum Gasteiger partial charge on any atom is 0.224 e. The maximum absolute atomic E-state index is 11.7. The molecule has 0 aliphatic carbocycles. The van der Waals surface area contributed by atoms with Crippen LogP contribution in [0.1, 0.15) is 19.7 Å². The number of rotatable bonds is 4. The van der Waals surface area contributed by atoms with E-state index in [1.807, 2.05) is 38.1 Å². The molecule has 0 spiro atoms. The van der Waals surface area contributed by atoms with Crippen molar-refractivity contribution in [2.75, 3.05) is 0 Å². The number of carbonyl (C=O) groups is 1. The molecule has 0 radical (unpaired) electrons. The van der Waals surface area contributed by atoms with Gasteiger partial charge in [0.15, 0.2) is 0 Å². The summed E-state index contributed by atoms with van der Waals surface area (Å²) in [4.78, 5) is 19.3. The summed E-state index contributed by atoms with van der Waals surface area (Å²) in [6.07, 6.45) is 0. The van der Waals surface area contributed by atoms with Gasteiger partial charge in [0.2, 0.25) is 5.91 Å². The zero-order chi connectivity index (χ0) is 13.1. The van der Waals surface area contributed by atoms with Gasteiger partial charge in [-0.2, -0.15) is 0 Å². The molecule has 2 unspecified atom stereocenters. The second-order valence-electron chi connectivity index (χ2n) is 4.57. The largest absolute Gasteiger partial charge is 0.349 e. The quantitative estimate of drug-likeness (QED) is 0.806. The van der Waals surface area contributed by atoms with Crippen LogP contribution in [0.3, 0.4) is 0 Å².